The van der Waals surface area contributed by atoms with Crippen molar-refractivity contribution in [2.24, 2.45) is 0 Å². The predicted octanol–water partition coefficient (Wildman–Crippen LogP) is 3.69. The molecule has 0 aliphatic heterocycles. The third-order valence-electron chi connectivity index (χ3n) is 4.16. The van der Waals surface area contributed by atoms with E-state index in [0.717, 1.165) is 16.7 Å². The Labute approximate surface area is 151 Å². The fourth-order valence-electron chi connectivity index (χ4n) is 2.43. The Bertz CT molecular complexity index is 809. The molecule has 2 N–H and O–H groups in total. The molecule has 0 aliphatic rings. The first-order chi connectivity index (χ1) is 11.4. The van der Waals surface area contributed by atoms with Crippen molar-refractivity contribution in [1.82, 2.24) is 4.72 Å². The van der Waals surface area contributed by atoms with Gasteiger partial charge in [0.2, 0.25) is 10.0 Å². The molecule has 136 valence electrons. The van der Waals surface area contributed by atoms with Crippen LogP contribution in [0.1, 0.15) is 51.3 Å². The minimum absolute atomic E-state index is 0.0159. The topological polar surface area (TPSA) is 66.4 Å². The van der Waals surface area contributed by atoms with Crippen LogP contribution in [-0.4, -0.2) is 13.5 Å². The third-order valence-corrected chi connectivity index (χ3v) is 5.57. The Morgan fingerprint density at radius 1 is 0.840 bits per heavy atom. The highest BCUT2D eigenvalue weighted by Gasteiger charge is 2.18. The molecule has 0 saturated carbocycles. The first kappa shape index (κ1) is 19.6. The Morgan fingerprint density at radius 2 is 1.32 bits per heavy atom. The van der Waals surface area contributed by atoms with Gasteiger partial charge in [0.05, 0.1) is 10.5 Å². The molecule has 2 aromatic carbocycles. The summed E-state index contributed by atoms with van der Waals surface area (Å²) in [7, 11) is -3.56. The lowest BCUT2D eigenvalue weighted by molar-refractivity contribution is 0.0786. The van der Waals surface area contributed by atoms with E-state index in [4.69, 9.17) is 0 Å². The molecule has 0 amide bonds. The first-order valence-electron chi connectivity index (χ1n) is 8.32. The van der Waals surface area contributed by atoms with Gasteiger partial charge in [0, 0.05) is 6.54 Å². The fraction of sp³-hybridized carbons (Fsp3) is 0.400. The number of hydrogen-bond donors (Lipinski definition) is 2. The summed E-state index contributed by atoms with van der Waals surface area (Å²) in [6.45, 7) is 9.90. The highest BCUT2D eigenvalue weighted by atomic mass is 32.2. The molecule has 0 unspecified atom stereocenters. The van der Waals surface area contributed by atoms with E-state index in [9.17, 15) is 13.5 Å². The number of hydrogen-bond acceptors (Lipinski definition) is 3. The SMILES string of the molecule is CC(C)(C)c1ccc(S(=O)(=O)NCc2ccc(C(C)(C)O)cc2)cc1. The van der Waals surface area contributed by atoms with Crippen molar-refractivity contribution >= 4 is 10.0 Å². The average molecular weight is 362 g/mol. The molecular formula is C20H27NO3S. The van der Waals surface area contributed by atoms with E-state index in [1.54, 1.807) is 26.0 Å². The molecule has 25 heavy (non-hydrogen) atoms. The first-order valence-corrected chi connectivity index (χ1v) is 9.80. The molecular weight excluding hydrogens is 334 g/mol. The molecule has 0 atom stereocenters. The van der Waals surface area contributed by atoms with E-state index >= 15 is 0 Å². The van der Waals surface area contributed by atoms with E-state index in [-0.39, 0.29) is 16.9 Å². The van der Waals surface area contributed by atoms with E-state index in [1.807, 2.05) is 36.4 Å². The van der Waals surface area contributed by atoms with Crippen LogP contribution in [0.25, 0.3) is 0 Å². The van der Waals surface area contributed by atoms with Gasteiger partial charge in [-0.2, -0.15) is 0 Å². The van der Waals surface area contributed by atoms with E-state index in [2.05, 4.69) is 25.5 Å². The maximum atomic E-state index is 12.4. The Kier molecular flexibility index (Phi) is 5.42. The second-order valence-electron chi connectivity index (χ2n) is 7.85. The number of rotatable bonds is 5. The van der Waals surface area contributed by atoms with Crippen molar-refractivity contribution in [3.8, 4) is 0 Å². The van der Waals surface area contributed by atoms with Gasteiger partial charge >= 0.3 is 0 Å². The van der Waals surface area contributed by atoms with Gasteiger partial charge in [-0.05, 0) is 48.1 Å². The molecule has 5 heteroatoms. The predicted molar refractivity (Wildman–Crippen MR) is 101 cm³/mol. The van der Waals surface area contributed by atoms with E-state index in [0.29, 0.717) is 0 Å². The summed E-state index contributed by atoms with van der Waals surface area (Å²) < 4.78 is 27.5. The molecule has 4 nitrogen and oxygen atoms in total. The van der Waals surface area contributed by atoms with Crippen molar-refractivity contribution in [3.05, 3.63) is 65.2 Å². The molecule has 0 aromatic heterocycles. The molecule has 0 aliphatic carbocycles. The summed E-state index contributed by atoms with van der Waals surface area (Å²) in [5.41, 5.74) is 1.79. The van der Waals surface area contributed by atoms with Gasteiger partial charge in [0.25, 0.3) is 0 Å². The smallest absolute Gasteiger partial charge is 0.240 e. The lowest BCUT2D eigenvalue weighted by atomic mass is 9.87. The maximum absolute atomic E-state index is 12.4. The Balaban J connectivity index is 2.09. The zero-order valence-electron chi connectivity index (χ0n) is 15.5. The van der Waals surface area contributed by atoms with E-state index in [1.165, 1.54) is 0 Å². The van der Waals surface area contributed by atoms with Crippen LogP contribution in [0.15, 0.2) is 53.4 Å². The van der Waals surface area contributed by atoms with E-state index < -0.39 is 15.6 Å². The summed E-state index contributed by atoms with van der Waals surface area (Å²) >= 11 is 0. The van der Waals surface area contributed by atoms with Gasteiger partial charge in [-0.1, -0.05) is 57.2 Å². The largest absolute Gasteiger partial charge is 0.386 e. The Morgan fingerprint density at radius 3 is 1.76 bits per heavy atom. The third kappa shape index (κ3) is 5.14. The fourth-order valence-corrected chi connectivity index (χ4v) is 3.44. The lowest BCUT2D eigenvalue weighted by Crippen LogP contribution is -2.23. The van der Waals surface area contributed by atoms with Crippen molar-refractivity contribution < 1.29 is 13.5 Å². The average Bonchev–Trinajstić information content (AvgIpc) is 2.52. The monoisotopic (exact) mass is 361 g/mol. The van der Waals surface area contributed by atoms with Gasteiger partial charge in [-0.3, -0.25) is 0 Å². The van der Waals surface area contributed by atoms with Crippen molar-refractivity contribution in [1.29, 1.82) is 0 Å². The summed E-state index contributed by atoms with van der Waals surface area (Å²) in [5, 5.41) is 9.96. The zero-order valence-corrected chi connectivity index (χ0v) is 16.3. The van der Waals surface area contributed by atoms with Crippen LogP contribution in [-0.2, 0) is 27.6 Å². The molecule has 0 heterocycles. The summed E-state index contributed by atoms with van der Waals surface area (Å²) in [4.78, 5) is 0.258. The van der Waals surface area contributed by atoms with Crippen molar-refractivity contribution in [2.75, 3.05) is 0 Å². The van der Waals surface area contributed by atoms with Gasteiger partial charge in [-0.15, -0.1) is 0 Å². The number of nitrogens with one attached hydrogen (secondary N) is 1. The van der Waals surface area contributed by atoms with Crippen LogP contribution < -0.4 is 4.72 Å². The second kappa shape index (κ2) is 6.90. The highest BCUT2D eigenvalue weighted by Crippen LogP contribution is 2.23. The van der Waals surface area contributed by atoms with Crippen LogP contribution in [0.4, 0.5) is 0 Å². The number of sulfonamides is 1. The Hall–Kier alpha value is -1.69. The summed E-state index contributed by atoms with van der Waals surface area (Å²) in [5.74, 6) is 0. The number of benzene rings is 2. The van der Waals surface area contributed by atoms with Gasteiger partial charge in [-0.25, -0.2) is 13.1 Å². The van der Waals surface area contributed by atoms with Crippen LogP contribution in [0.2, 0.25) is 0 Å². The maximum Gasteiger partial charge on any atom is 0.240 e. The van der Waals surface area contributed by atoms with Crippen molar-refractivity contribution in [3.63, 3.8) is 0 Å². The van der Waals surface area contributed by atoms with Crippen molar-refractivity contribution in [2.45, 2.75) is 57.1 Å². The van der Waals surface area contributed by atoms with Crippen LogP contribution >= 0.6 is 0 Å². The van der Waals surface area contributed by atoms with Gasteiger partial charge < -0.3 is 5.11 Å². The van der Waals surface area contributed by atoms with Gasteiger partial charge in [0.15, 0.2) is 0 Å². The molecule has 2 rings (SSSR count). The lowest BCUT2D eigenvalue weighted by Gasteiger charge is -2.19. The summed E-state index contributed by atoms with van der Waals surface area (Å²) in [6.07, 6.45) is 0. The van der Waals surface area contributed by atoms with Gasteiger partial charge in [0.1, 0.15) is 0 Å². The minimum Gasteiger partial charge on any atom is -0.386 e. The molecule has 0 saturated heterocycles. The number of aliphatic hydroxyl groups is 1. The highest BCUT2D eigenvalue weighted by molar-refractivity contribution is 7.89. The molecule has 0 fully saturated rings. The quantitative estimate of drug-likeness (QED) is 0.853. The molecule has 0 radical (unpaired) electrons. The summed E-state index contributed by atoms with van der Waals surface area (Å²) in [6, 6.07) is 14.2. The van der Waals surface area contributed by atoms with Crippen LogP contribution in [0, 0.1) is 0 Å². The normalized spacial score (nSPS) is 13.0. The second-order valence-corrected chi connectivity index (χ2v) is 9.62. The van der Waals surface area contributed by atoms with Crippen LogP contribution in [0.5, 0.6) is 0 Å². The molecule has 2 aromatic rings. The van der Waals surface area contributed by atoms with Crippen LogP contribution in [0.3, 0.4) is 0 Å². The molecule has 0 bridgehead atoms. The standard InChI is InChI=1S/C20H27NO3S/c1-19(2,3)16-10-12-18(13-11-16)25(23,24)21-14-15-6-8-17(9-7-15)20(4,5)22/h6-13,21-22H,14H2,1-5H3. The molecule has 0 spiro atoms. The zero-order chi connectivity index (χ0) is 18.9. The minimum atomic E-state index is -3.56.